The molecule has 0 aliphatic carbocycles. The summed E-state index contributed by atoms with van der Waals surface area (Å²) in [6, 6.07) is 11.0. The van der Waals surface area contributed by atoms with Gasteiger partial charge in [0, 0.05) is 0 Å². The number of nitrogens with zero attached hydrogens (tertiary/aromatic N) is 2. The van der Waals surface area contributed by atoms with E-state index in [1.165, 1.54) is 0 Å². The number of pyridine rings is 2. The molecule has 0 bridgehead atoms. The van der Waals surface area contributed by atoms with Crippen molar-refractivity contribution in [3.63, 3.8) is 0 Å². The fourth-order valence-electron chi connectivity index (χ4n) is 0.555. The van der Waals surface area contributed by atoms with Crippen molar-refractivity contribution in [3.05, 3.63) is 61.2 Å². The predicted molar refractivity (Wildman–Crippen MR) is 56.1 cm³/mol. The second-order valence-electron chi connectivity index (χ2n) is 1.92. The van der Waals surface area contributed by atoms with Gasteiger partial charge in [0.1, 0.15) is 0 Å². The smallest absolute Gasteiger partial charge is 0.0813 e. The van der Waals surface area contributed by atoms with Crippen LogP contribution in [-0.4, -0.2) is 9.97 Å². The molecule has 79 valence electrons. The first-order valence-electron chi connectivity index (χ1n) is 3.76. The quantitative estimate of drug-likeness (QED) is 0.705. The van der Waals surface area contributed by atoms with Crippen LogP contribution in [0.3, 0.4) is 0 Å². The van der Waals surface area contributed by atoms with Crippen LogP contribution in [0.25, 0.3) is 0 Å². The Hall–Kier alpha value is -0.870. The Balaban J connectivity index is 0. The van der Waals surface area contributed by atoms with Gasteiger partial charge in [-0.1, -0.05) is 24.8 Å². The SMILES string of the molecule is Cl.[NH]=[Ta].[c-]1ccccn1.[c-]1ccccn1. The number of rotatable bonds is 0. The minimum absolute atomic E-state index is 0. The van der Waals surface area contributed by atoms with E-state index in [1.807, 2.05) is 24.3 Å². The minimum Gasteiger partial charge on any atom is -0.394 e. The van der Waals surface area contributed by atoms with E-state index in [0.717, 1.165) is 0 Å². The molecule has 0 atom stereocenters. The summed E-state index contributed by atoms with van der Waals surface area (Å²) >= 11 is 0.694. The molecule has 0 saturated heterocycles. The molecule has 0 aliphatic heterocycles. The normalized spacial score (nSPS) is 6.60. The molecule has 0 fully saturated rings. The monoisotopic (exact) mass is 388 g/mol. The largest absolute Gasteiger partial charge is 0.394 e. The van der Waals surface area contributed by atoms with E-state index < -0.39 is 0 Å². The molecule has 0 radical (unpaired) electrons. The van der Waals surface area contributed by atoms with Gasteiger partial charge in [-0.15, -0.1) is 12.4 Å². The van der Waals surface area contributed by atoms with Crippen LogP contribution in [0, 0.1) is 16.1 Å². The van der Waals surface area contributed by atoms with Crippen LogP contribution in [0.4, 0.5) is 0 Å². The maximum absolute atomic E-state index is 5.86. The van der Waals surface area contributed by atoms with Crippen molar-refractivity contribution in [1.29, 1.82) is 3.76 Å². The van der Waals surface area contributed by atoms with E-state index in [2.05, 4.69) is 22.4 Å². The van der Waals surface area contributed by atoms with Gasteiger partial charge in [-0.05, 0) is 0 Å². The van der Waals surface area contributed by atoms with Crippen LogP contribution >= 0.6 is 12.4 Å². The van der Waals surface area contributed by atoms with Crippen molar-refractivity contribution >= 4 is 12.4 Å². The molecule has 0 spiro atoms. The summed E-state index contributed by atoms with van der Waals surface area (Å²) in [5, 5.41) is 0. The Kier molecular flexibility index (Phi) is 17.2. The summed E-state index contributed by atoms with van der Waals surface area (Å²) in [6.45, 7) is 0. The van der Waals surface area contributed by atoms with Gasteiger partial charge in [0.15, 0.2) is 0 Å². The van der Waals surface area contributed by atoms with Crippen LogP contribution in [0.2, 0.25) is 0 Å². The minimum atomic E-state index is 0. The van der Waals surface area contributed by atoms with Crippen molar-refractivity contribution in [2.45, 2.75) is 0 Å². The van der Waals surface area contributed by atoms with Crippen molar-refractivity contribution in [1.82, 2.24) is 9.97 Å². The van der Waals surface area contributed by atoms with Crippen LogP contribution in [0.15, 0.2) is 48.8 Å². The van der Waals surface area contributed by atoms with Gasteiger partial charge in [0.25, 0.3) is 0 Å². The fourth-order valence-corrected chi connectivity index (χ4v) is 0.555. The maximum atomic E-state index is 5.86. The van der Waals surface area contributed by atoms with E-state index in [9.17, 15) is 0 Å². The standard InChI is InChI=1S/2C5H4N.ClH.HN.Ta/c2*1-2-4-6-5-3-1;;;/h2*1-4H;2*1H;/q2*-1;;;. The second kappa shape index (κ2) is 15.6. The molecule has 3 nitrogen and oxygen atoms in total. The molecule has 2 aromatic heterocycles. The predicted octanol–water partition coefficient (Wildman–Crippen LogP) is 2.48. The van der Waals surface area contributed by atoms with Crippen LogP contribution < -0.4 is 0 Å². The van der Waals surface area contributed by atoms with Gasteiger partial charge in [0.05, 0.1) is 0 Å². The zero-order chi connectivity index (χ0) is 10.5. The Morgan fingerprint density at radius 1 is 0.800 bits per heavy atom. The van der Waals surface area contributed by atoms with Gasteiger partial charge in [-0.2, -0.15) is 36.4 Å². The van der Waals surface area contributed by atoms with E-state index in [0.29, 0.717) is 20.9 Å². The molecule has 2 rings (SSSR count). The average molecular weight is 389 g/mol. The molecule has 5 heteroatoms. The van der Waals surface area contributed by atoms with Crippen molar-refractivity contribution < 1.29 is 20.9 Å². The van der Waals surface area contributed by atoms with E-state index in [4.69, 9.17) is 3.76 Å². The van der Waals surface area contributed by atoms with Crippen LogP contribution in [0.1, 0.15) is 0 Å². The molecule has 2 aromatic rings. The van der Waals surface area contributed by atoms with Gasteiger partial charge in [-0.3, -0.25) is 0 Å². The molecular weight excluding hydrogens is 379 g/mol. The second-order valence-corrected chi connectivity index (χ2v) is 1.92. The Labute approximate surface area is 108 Å². The van der Waals surface area contributed by atoms with E-state index in [-0.39, 0.29) is 12.4 Å². The summed E-state index contributed by atoms with van der Waals surface area (Å²) in [7, 11) is 0. The Morgan fingerprint density at radius 3 is 1.27 bits per heavy atom. The van der Waals surface area contributed by atoms with Gasteiger partial charge in [-0.25, -0.2) is 0 Å². The average Bonchev–Trinajstić information content (AvgIpc) is 2.37. The number of halogens is 1. The third-order valence-electron chi connectivity index (χ3n) is 1.03. The summed E-state index contributed by atoms with van der Waals surface area (Å²) in [4.78, 5) is 7.32. The molecule has 0 unspecified atom stereocenters. The zero-order valence-electron chi connectivity index (χ0n) is 7.87. The van der Waals surface area contributed by atoms with E-state index in [1.54, 1.807) is 24.5 Å². The first-order valence-corrected chi connectivity index (χ1v) is 5.37. The topological polar surface area (TPSA) is 49.6 Å². The first kappa shape index (κ1) is 16.6. The van der Waals surface area contributed by atoms with Gasteiger partial charge >= 0.3 is 24.6 Å². The first-order chi connectivity index (χ1) is 7.00. The third-order valence-corrected chi connectivity index (χ3v) is 1.03. The summed E-state index contributed by atoms with van der Waals surface area (Å²) in [6.07, 6.45) is 8.67. The van der Waals surface area contributed by atoms with Gasteiger partial charge in [0.2, 0.25) is 0 Å². The Bertz CT molecular complexity index is 209. The van der Waals surface area contributed by atoms with Crippen LogP contribution in [-0.2, 0) is 20.9 Å². The molecule has 15 heavy (non-hydrogen) atoms. The molecule has 1 N–H and O–H groups in total. The molecule has 0 amide bonds. The third kappa shape index (κ3) is 13.1. The number of hydrogen-bond donors (Lipinski definition) is 1. The molecular formula is C10H10ClN3Ta-2. The van der Waals surface area contributed by atoms with Crippen molar-refractivity contribution in [2.75, 3.05) is 0 Å². The summed E-state index contributed by atoms with van der Waals surface area (Å²) in [5.41, 5.74) is 0. The molecule has 0 saturated carbocycles. The van der Waals surface area contributed by atoms with Gasteiger partial charge < -0.3 is 9.97 Å². The molecule has 0 aromatic carbocycles. The maximum Gasteiger partial charge on any atom is -0.0813 e. The summed E-state index contributed by atoms with van der Waals surface area (Å²) < 4.78 is 5.86. The fraction of sp³-hybridized carbons (Fsp3) is 0. The Morgan fingerprint density at radius 2 is 1.20 bits per heavy atom. The number of hydrogen-bond acceptors (Lipinski definition) is 3. The van der Waals surface area contributed by atoms with E-state index >= 15 is 0 Å². The zero-order valence-corrected chi connectivity index (χ0v) is 11.9. The molecule has 0 aliphatic rings. The van der Waals surface area contributed by atoms with Crippen molar-refractivity contribution in [2.24, 2.45) is 0 Å². The number of nitrogens with one attached hydrogen (secondary N) is 1. The van der Waals surface area contributed by atoms with Crippen LogP contribution in [0.5, 0.6) is 0 Å². The molecule has 2 heterocycles. The number of aromatic nitrogens is 2. The van der Waals surface area contributed by atoms with Crippen molar-refractivity contribution in [3.8, 4) is 0 Å². The summed E-state index contributed by atoms with van der Waals surface area (Å²) in [5.74, 6) is 0.